The number of rotatable bonds is 8. The molecule has 10 heteroatoms. The minimum absolute atomic E-state index is 0.0634. The van der Waals surface area contributed by atoms with Crippen molar-refractivity contribution in [3.8, 4) is 5.75 Å². The van der Waals surface area contributed by atoms with Crippen molar-refractivity contribution in [1.29, 1.82) is 0 Å². The van der Waals surface area contributed by atoms with Crippen molar-refractivity contribution in [3.63, 3.8) is 0 Å². The van der Waals surface area contributed by atoms with E-state index < -0.39 is 21.8 Å². The molecule has 3 aromatic rings. The lowest BCUT2D eigenvalue weighted by atomic mass is 10.1. The van der Waals surface area contributed by atoms with Crippen molar-refractivity contribution >= 4 is 39.3 Å². The highest BCUT2D eigenvalue weighted by atomic mass is 32.2. The van der Waals surface area contributed by atoms with E-state index in [0.29, 0.717) is 11.3 Å². The highest BCUT2D eigenvalue weighted by Crippen LogP contribution is 2.26. The van der Waals surface area contributed by atoms with Gasteiger partial charge < -0.3 is 4.74 Å². The summed E-state index contributed by atoms with van der Waals surface area (Å²) in [6, 6.07) is 19.1. The molecule has 0 aliphatic rings. The zero-order valence-corrected chi connectivity index (χ0v) is 19.6. The van der Waals surface area contributed by atoms with E-state index in [-0.39, 0.29) is 16.1 Å². The fourth-order valence-corrected chi connectivity index (χ4v) is 4.56. The molecule has 0 atom stereocenters. The Morgan fingerprint density at radius 2 is 1.55 bits per heavy atom. The van der Waals surface area contributed by atoms with Gasteiger partial charge in [0.25, 0.3) is 21.8 Å². The number of carbonyl (C=O) groups excluding carboxylic acids is 2. The Bertz CT molecular complexity index is 1240. The quantitative estimate of drug-likeness (QED) is 0.421. The Hall–Kier alpha value is -3.50. The van der Waals surface area contributed by atoms with Crippen molar-refractivity contribution < 1.29 is 22.7 Å². The van der Waals surface area contributed by atoms with Crippen molar-refractivity contribution in [3.05, 3.63) is 89.5 Å². The molecule has 0 aliphatic heterocycles. The Balaban J connectivity index is 1.68. The fraction of sp³-hybridized carbons (Fsp3) is 0.130. The summed E-state index contributed by atoms with van der Waals surface area (Å²) in [5.41, 5.74) is 6.45. The van der Waals surface area contributed by atoms with Crippen LogP contribution in [-0.4, -0.2) is 33.6 Å². The topological polar surface area (TPSA) is 114 Å². The third-order valence-corrected chi connectivity index (χ3v) is 6.56. The molecule has 0 unspecified atom stereocenters. The summed E-state index contributed by atoms with van der Waals surface area (Å²) in [6.07, 6.45) is 1.99. The summed E-state index contributed by atoms with van der Waals surface area (Å²) in [5.74, 6) is 0.0561. The lowest BCUT2D eigenvalue weighted by Crippen LogP contribution is -2.41. The van der Waals surface area contributed by atoms with Crippen LogP contribution in [0.3, 0.4) is 0 Å². The maximum Gasteiger partial charge on any atom is 0.269 e. The Kier molecular flexibility index (Phi) is 7.96. The molecule has 2 amide bonds. The van der Waals surface area contributed by atoms with Gasteiger partial charge in [0.05, 0.1) is 17.7 Å². The third kappa shape index (κ3) is 6.27. The van der Waals surface area contributed by atoms with E-state index in [1.165, 1.54) is 31.4 Å². The number of hydrogen-bond acceptors (Lipinski definition) is 6. The van der Waals surface area contributed by atoms with Crippen LogP contribution in [0.2, 0.25) is 0 Å². The number of benzene rings is 3. The minimum Gasteiger partial charge on any atom is -0.495 e. The second-order valence-corrected chi connectivity index (χ2v) is 9.42. The van der Waals surface area contributed by atoms with E-state index in [1.807, 2.05) is 18.4 Å². The SMILES string of the molecule is COc1ccccc1NS(=O)(=O)c1cccc(C(=O)NNC(=O)c2ccc(CSC)cc2)c1. The fourth-order valence-electron chi connectivity index (χ4n) is 2.91. The van der Waals surface area contributed by atoms with Crippen LogP contribution in [-0.2, 0) is 15.8 Å². The molecule has 0 saturated heterocycles. The summed E-state index contributed by atoms with van der Waals surface area (Å²) in [7, 11) is -2.55. The van der Waals surface area contributed by atoms with Crippen molar-refractivity contribution in [1.82, 2.24) is 10.9 Å². The number of ether oxygens (including phenoxy) is 1. The second-order valence-electron chi connectivity index (χ2n) is 6.87. The number of para-hydroxylation sites is 2. The summed E-state index contributed by atoms with van der Waals surface area (Å²) in [4.78, 5) is 24.7. The Labute approximate surface area is 196 Å². The van der Waals surface area contributed by atoms with E-state index in [1.54, 1.807) is 48.2 Å². The van der Waals surface area contributed by atoms with Crippen molar-refractivity contribution in [2.45, 2.75) is 10.6 Å². The third-order valence-electron chi connectivity index (χ3n) is 4.57. The van der Waals surface area contributed by atoms with E-state index in [2.05, 4.69) is 15.6 Å². The highest BCUT2D eigenvalue weighted by molar-refractivity contribution is 7.97. The van der Waals surface area contributed by atoms with Crippen LogP contribution in [0.15, 0.2) is 77.7 Å². The minimum atomic E-state index is -3.98. The molecule has 0 radical (unpaired) electrons. The normalized spacial score (nSPS) is 10.8. The van der Waals surface area contributed by atoms with Gasteiger partial charge in [-0.25, -0.2) is 8.42 Å². The number of amides is 2. The first kappa shape index (κ1) is 24.1. The molecule has 172 valence electrons. The maximum atomic E-state index is 12.8. The predicted octanol–water partition coefficient (Wildman–Crippen LogP) is 3.43. The number of sulfonamides is 1. The van der Waals surface area contributed by atoms with Crippen molar-refractivity contribution in [2.75, 3.05) is 18.1 Å². The van der Waals surface area contributed by atoms with Gasteiger partial charge in [0.1, 0.15) is 5.75 Å². The van der Waals surface area contributed by atoms with Gasteiger partial charge in [-0.1, -0.05) is 30.3 Å². The zero-order chi connectivity index (χ0) is 23.8. The van der Waals surface area contributed by atoms with Gasteiger partial charge in [0.2, 0.25) is 0 Å². The molecule has 3 aromatic carbocycles. The van der Waals surface area contributed by atoms with Gasteiger partial charge in [-0.3, -0.25) is 25.2 Å². The molecule has 33 heavy (non-hydrogen) atoms. The van der Waals surface area contributed by atoms with Crippen LogP contribution in [0.5, 0.6) is 5.75 Å². The van der Waals surface area contributed by atoms with Gasteiger partial charge in [-0.15, -0.1) is 0 Å². The molecule has 0 aromatic heterocycles. The molecule has 3 N–H and O–H groups in total. The summed E-state index contributed by atoms with van der Waals surface area (Å²) >= 11 is 1.67. The van der Waals surface area contributed by atoms with Crippen LogP contribution in [0.25, 0.3) is 0 Å². The molecule has 8 nitrogen and oxygen atoms in total. The van der Waals surface area contributed by atoms with E-state index in [4.69, 9.17) is 4.74 Å². The average Bonchev–Trinajstić information content (AvgIpc) is 2.83. The van der Waals surface area contributed by atoms with Crippen LogP contribution >= 0.6 is 11.8 Å². The first-order valence-electron chi connectivity index (χ1n) is 9.78. The average molecular weight is 486 g/mol. The van der Waals surface area contributed by atoms with Crippen molar-refractivity contribution in [2.24, 2.45) is 0 Å². The van der Waals surface area contributed by atoms with Gasteiger partial charge in [-0.05, 0) is 54.3 Å². The number of thioether (sulfide) groups is 1. The smallest absolute Gasteiger partial charge is 0.269 e. The lowest BCUT2D eigenvalue weighted by molar-refractivity contribution is 0.0846. The van der Waals surface area contributed by atoms with E-state index >= 15 is 0 Å². The van der Waals surface area contributed by atoms with E-state index in [9.17, 15) is 18.0 Å². The van der Waals surface area contributed by atoms with Crippen LogP contribution < -0.4 is 20.3 Å². The molecule has 0 aliphatic carbocycles. The Morgan fingerprint density at radius 3 is 2.21 bits per heavy atom. The number of anilines is 1. The van der Waals surface area contributed by atoms with Crippen LogP contribution in [0, 0.1) is 0 Å². The first-order valence-corrected chi connectivity index (χ1v) is 12.7. The number of hydrogen-bond donors (Lipinski definition) is 3. The molecule has 0 heterocycles. The highest BCUT2D eigenvalue weighted by Gasteiger charge is 2.18. The predicted molar refractivity (Wildman–Crippen MR) is 129 cm³/mol. The van der Waals surface area contributed by atoms with Gasteiger partial charge in [0.15, 0.2) is 0 Å². The Morgan fingerprint density at radius 1 is 0.879 bits per heavy atom. The maximum absolute atomic E-state index is 12.8. The van der Waals surface area contributed by atoms with Gasteiger partial charge in [0, 0.05) is 16.9 Å². The van der Waals surface area contributed by atoms with Crippen LogP contribution in [0.1, 0.15) is 26.3 Å². The molecular formula is C23H23N3O5S2. The standard InChI is InChI=1S/C23H23N3O5S2/c1-31-21-9-4-3-8-20(21)26-33(29,30)19-7-5-6-18(14-19)23(28)25-24-22(27)17-12-10-16(11-13-17)15-32-2/h3-14,26H,15H2,1-2H3,(H,24,27)(H,25,28). The molecule has 3 rings (SSSR count). The summed E-state index contributed by atoms with van der Waals surface area (Å²) in [5, 5.41) is 0. The second kappa shape index (κ2) is 10.9. The number of carbonyl (C=O) groups is 2. The molecule has 0 fully saturated rings. The largest absolute Gasteiger partial charge is 0.495 e. The summed E-state index contributed by atoms with van der Waals surface area (Å²) in [6.45, 7) is 0. The number of hydrazine groups is 1. The monoisotopic (exact) mass is 485 g/mol. The van der Waals surface area contributed by atoms with E-state index in [0.717, 1.165) is 11.3 Å². The number of nitrogens with one attached hydrogen (secondary N) is 3. The molecule has 0 saturated carbocycles. The van der Waals surface area contributed by atoms with Gasteiger partial charge >= 0.3 is 0 Å². The number of methoxy groups -OCH3 is 1. The lowest BCUT2D eigenvalue weighted by Gasteiger charge is -2.12. The summed E-state index contributed by atoms with van der Waals surface area (Å²) < 4.78 is 33.2. The first-order chi connectivity index (χ1) is 15.8. The molecular weight excluding hydrogens is 462 g/mol. The molecule has 0 bridgehead atoms. The zero-order valence-electron chi connectivity index (χ0n) is 18.0. The van der Waals surface area contributed by atoms with Crippen LogP contribution in [0.4, 0.5) is 5.69 Å². The molecule has 0 spiro atoms. The van der Waals surface area contributed by atoms with Gasteiger partial charge in [-0.2, -0.15) is 11.8 Å².